The molecule has 2 aliphatic heterocycles. The molecule has 2 saturated heterocycles. The maximum Gasteiger partial charge on any atom is 0.243 e. The van der Waals surface area contributed by atoms with E-state index in [-0.39, 0.29) is 10.0 Å². The Kier molecular flexibility index (Phi) is 8.58. The van der Waals surface area contributed by atoms with Crippen molar-refractivity contribution in [1.29, 1.82) is 0 Å². The van der Waals surface area contributed by atoms with Crippen LogP contribution in [0.5, 0.6) is 5.75 Å². The molecule has 2 heterocycles. The molecule has 0 bridgehead atoms. The van der Waals surface area contributed by atoms with Crippen molar-refractivity contribution in [3.8, 4) is 5.75 Å². The number of anilines is 2. The molecule has 10 nitrogen and oxygen atoms in total. The third kappa shape index (κ3) is 6.15. The number of methoxy groups -OCH3 is 1. The fourth-order valence-corrected chi connectivity index (χ4v) is 6.28. The quantitative estimate of drug-likeness (QED) is 0.252. The molecule has 2 N–H and O–H groups in total. The summed E-state index contributed by atoms with van der Waals surface area (Å²) in [5.74, 6) is 0.689. The van der Waals surface area contributed by atoms with Crippen LogP contribution in [0, 0.1) is 0 Å². The molecule has 0 atom stereocenters. The molecule has 0 aliphatic carbocycles. The van der Waals surface area contributed by atoms with Crippen LogP contribution in [0.2, 0.25) is 0 Å². The van der Waals surface area contributed by atoms with Gasteiger partial charge in [0, 0.05) is 31.7 Å². The van der Waals surface area contributed by atoms with Crippen molar-refractivity contribution >= 4 is 55.7 Å². The summed E-state index contributed by atoms with van der Waals surface area (Å²) in [5.41, 5.74) is 5.09. The first-order valence-corrected chi connectivity index (χ1v) is 14.5. The highest BCUT2D eigenvalue weighted by atomic mass is 32.2. The minimum Gasteiger partial charge on any atom is -0.496 e. The summed E-state index contributed by atoms with van der Waals surface area (Å²) in [7, 11) is -2.07. The highest BCUT2D eigenvalue weighted by Crippen LogP contribution is 2.31. The summed E-state index contributed by atoms with van der Waals surface area (Å²) in [6.07, 6.45) is 1.66. The van der Waals surface area contributed by atoms with E-state index in [0.717, 1.165) is 22.0 Å². The third-order valence-electron chi connectivity index (χ3n) is 6.69. The lowest BCUT2D eigenvalue weighted by atomic mass is 10.0. The first-order chi connectivity index (χ1) is 19.0. The van der Waals surface area contributed by atoms with Crippen LogP contribution < -0.4 is 20.4 Å². The lowest BCUT2D eigenvalue weighted by Gasteiger charge is -2.31. The summed E-state index contributed by atoms with van der Waals surface area (Å²) < 4.78 is 44.5. The highest BCUT2D eigenvalue weighted by molar-refractivity contribution is 7.89. The molecule has 2 fully saturated rings. The van der Waals surface area contributed by atoms with Crippen molar-refractivity contribution in [1.82, 2.24) is 9.73 Å². The maximum atomic E-state index is 13.3. The van der Waals surface area contributed by atoms with Gasteiger partial charge in [-0.15, -0.1) is 0 Å². The molecule has 0 unspecified atom stereocenters. The van der Waals surface area contributed by atoms with E-state index in [1.807, 2.05) is 42.5 Å². The molecule has 0 saturated carbocycles. The Bertz CT molecular complexity index is 1470. The molecule has 12 heteroatoms. The standard InChI is InChI=1S/C27H31N5O5S2/c1-35-26-9-6-20-4-2-3-5-22(20)23(26)19-28-30-27(38)29-24-18-21(39(33,34)32-12-16-37-17-13-32)7-8-25(24)31-10-14-36-15-11-31/h2-9,18-19H,10-17H2,1H3,(H2,29,30,38)/b28-19-. The zero-order valence-corrected chi connectivity index (χ0v) is 23.3. The summed E-state index contributed by atoms with van der Waals surface area (Å²) in [6.45, 7) is 3.95. The van der Waals surface area contributed by atoms with E-state index < -0.39 is 10.0 Å². The maximum absolute atomic E-state index is 13.3. The Balaban J connectivity index is 1.39. The van der Waals surface area contributed by atoms with Crippen LogP contribution in [0.4, 0.5) is 11.4 Å². The second-order valence-corrected chi connectivity index (χ2v) is 11.4. The predicted molar refractivity (Wildman–Crippen MR) is 157 cm³/mol. The zero-order valence-electron chi connectivity index (χ0n) is 21.6. The SMILES string of the molecule is COc1ccc2ccccc2c1/C=N\NC(=S)Nc1cc(S(=O)(=O)N2CCOCC2)ccc1N1CCOCC1. The fourth-order valence-electron chi connectivity index (χ4n) is 4.68. The van der Waals surface area contributed by atoms with Crippen molar-refractivity contribution < 1.29 is 22.6 Å². The molecule has 3 aromatic carbocycles. The van der Waals surface area contributed by atoms with E-state index in [4.69, 9.17) is 26.4 Å². The average Bonchev–Trinajstić information content (AvgIpc) is 2.98. The summed E-state index contributed by atoms with van der Waals surface area (Å²) in [5, 5.41) is 9.80. The number of benzene rings is 3. The number of rotatable bonds is 7. The van der Waals surface area contributed by atoms with Crippen molar-refractivity contribution in [2.45, 2.75) is 4.90 Å². The number of fused-ring (bicyclic) bond motifs is 1. The molecule has 2 aliphatic rings. The van der Waals surface area contributed by atoms with E-state index in [0.29, 0.717) is 64.0 Å². The van der Waals surface area contributed by atoms with Gasteiger partial charge in [-0.05, 0) is 47.3 Å². The molecule has 0 amide bonds. The van der Waals surface area contributed by atoms with Crippen LogP contribution >= 0.6 is 12.2 Å². The number of hydrogen-bond donors (Lipinski definition) is 2. The van der Waals surface area contributed by atoms with Gasteiger partial charge < -0.3 is 24.4 Å². The largest absolute Gasteiger partial charge is 0.496 e. The number of morpholine rings is 2. The van der Waals surface area contributed by atoms with Gasteiger partial charge in [0.15, 0.2) is 5.11 Å². The molecule has 0 aromatic heterocycles. The third-order valence-corrected chi connectivity index (χ3v) is 8.77. The fraction of sp³-hybridized carbons (Fsp3) is 0.333. The first kappa shape index (κ1) is 27.3. The van der Waals surface area contributed by atoms with Gasteiger partial charge in [0.2, 0.25) is 10.0 Å². The van der Waals surface area contributed by atoms with Crippen LogP contribution in [0.3, 0.4) is 0 Å². The van der Waals surface area contributed by atoms with Crippen LogP contribution in [0.25, 0.3) is 10.8 Å². The minimum absolute atomic E-state index is 0.190. The van der Waals surface area contributed by atoms with Gasteiger partial charge in [-0.2, -0.15) is 9.41 Å². The van der Waals surface area contributed by atoms with Gasteiger partial charge >= 0.3 is 0 Å². The van der Waals surface area contributed by atoms with E-state index >= 15 is 0 Å². The van der Waals surface area contributed by atoms with E-state index in [2.05, 4.69) is 20.7 Å². The summed E-state index contributed by atoms with van der Waals surface area (Å²) >= 11 is 5.54. The number of nitrogens with one attached hydrogen (secondary N) is 2. The van der Waals surface area contributed by atoms with Gasteiger partial charge in [0.05, 0.1) is 56.0 Å². The molecule has 5 rings (SSSR count). The zero-order chi connectivity index (χ0) is 27.2. The van der Waals surface area contributed by atoms with E-state index in [9.17, 15) is 8.42 Å². The van der Waals surface area contributed by atoms with Crippen molar-refractivity contribution in [2.24, 2.45) is 5.10 Å². The lowest BCUT2D eigenvalue weighted by Crippen LogP contribution is -2.40. The van der Waals surface area contributed by atoms with Crippen molar-refractivity contribution in [3.63, 3.8) is 0 Å². The number of thiocarbonyl (C=S) groups is 1. The van der Waals surface area contributed by atoms with Crippen LogP contribution in [-0.4, -0.2) is 83.8 Å². The average molecular weight is 570 g/mol. The number of sulfonamides is 1. The summed E-state index contributed by atoms with van der Waals surface area (Å²) in [6, 6.07) is 16.9. The normalized spacial score (nSPS) is 16.9. The number of hydrogen-bond acceptors (Lipinski definition) is 8. The smallest absolute Gasteiger partial charge is 0.243 e. The van der Waals surface area contributed by atoms with Crippen LogP contribution in [0.1, 0.15) is 5.56 Å². The van der Waals surface area contributed by atoms with Gasteiger partial charge in [0.25, 0.3) is 0 Å². The Morgan fingerprint density at radius 2 is 1.72 bits per heavy atom. The predicted octanol–water partition coefficient (Wildman–Crippen LogP) is 3.03. The van der Waals surface area contributed by atoms with Crippen molar-refractivity contribution in [3.05, 3.63) is 60.2 Å². The van der Waals surface area contributed by atoms with Gasteiger partial charge in [0.1, 0.15) is 5.75 Å². The second kappa shape index (κ2) is 12.3. The topological polar surface area (TPSA) is 105 Å². The Hall–Kier alpha value is -3.29. The highest BCUT2D eigenvalue weighted by Gasteiger charge is 2.28. The molecular weight excluding hydrogens is 538 g/mol. The van der Waals surface area contributed by atoms with Gasteiger partial charge in [-0.25, -0.2) is 8.42 Å². The van der Waals surface area contributed by atoms with Crippen molar-refractivity contribution in [2.75, 3.05) is 69.9 Å². The Morgan fingerprint density at radius 3 is 2.46 bits per heavy atom. The number of hydrazone groups is 1. The summed E-state index contributed by atoms with van der Waals surface area (Å²) in [4.78, 5) is 2.33. The number of nitrogens with zero attached hydrogens (tertiary/aromatic N) is 3. The van der Waals surface area contributed by atoms with Crippen LogP contribution in [-0.2, 0) is 19.5 Å². The van der Waals surface area contributed by atoms with E-state index in [1.54, 1.807) is 25.5 Å². The van der Waals surface area contributed by atoms with Gasteiger partial charge in [-0.3, -0.25) is 5.43 Å². The molecule has 39 heavy (non-hydrogen) atoms. The molecule has 0 radical (unpaired) electrons. The second-order valence-electron chi connectivity index (χ2n) is 9.02. The van der Waals surface area contributed by atoms with Crippen LogP contribution in [0.15, 0.2) is 64.6 Å². The van der Waals surface area contributed by atoms with Gasteiger partial charge in [-0.1, -0.05) is 30.3 Å². The Morgan fingerprint density at radius 1 is 1.00 bits per heavy atom. The molecular formula is C27H31N5O5S2. The van der Waals surface area contributed by atoms with E-state index in [1.165, 1.54) is 4.31 Å². The molecule has 206 valence electrons. The monoisotopic (exact) mass is 569 g/mol. The minimum atomic E-state index is -3.69. The first-order valence-electron chi connectivity index (χ1n) is 12.7. The Labute approximate surface area is 233 Å². The number of ether oxygens (including phenoxy) is 3. The lowest BCUT2D eigenvalue weighted by molar-refractivity contribution is 0.0730. The molecule has 3 aromatic rings. The molecule has 0 spiro atoms.